The molecule has 1 unspecified atom stereocenters. The van der Waals surface area contributed by atoms with Crippen molar-refractivity contribution in [3.63, 3.8) is 0 Å². The molecule has 0 aliphatic rings. The van der Waals surface area contributed by atoms with Crippen molar-refractivity contribution < 1.29 is 10.2 Å². The van der Waals surface area contributed by atoms with Crippen LogP contribution in [0.3, 0.4) is 0 Å². The van der Waals surface area contributed by atoms with Gasteiger partial charge in [0.1, 0.15) is 0 Å². The summed E-state index contributed by atoms with van der Waals surface area (Å²) in [6, 6.07) is 9.89. The van der Waals surface area contributed by atoms with Gasteiger partial charge in [-0.2, -0.15) is 0 Å². The van der Waals surface area contributed by atoms with E-state index in [4.69, 9.17) is 0 Å². The summed E-state index contributed by atoms with van der Waals surface area (Å²) in [6.07, 6.45) is 4.25. The lowest BCUT2D eigenvalue weighted by molar-refractivity contribution is -0.117. The van der Waals surface area contributed by atoms with Crippen molar-refractivity contribution in [3.05, 3.63) is 42.0 Å². The Morgan fingerprint density at radius 2 is 1.62 bits per heavy atom. The fourth-order valence-corrected chi connectivity index (χ4v) is 1.24. The number of benzene rings is 1. The van der Waals surface area contributed by atoms with E-state index in [0.717, 1.165) is 5.56 Å². The van der Waals surface area contributed by atoms with Crippen LogP contribution in [0, 0.1) is 0 Å². The Kier molecular flexibility index (Phi) is 3.89. The van der Waals surface area contributed by atoms with Crippen LogP contribution >= 0.6 is 0 Å². The van der Waals surface area contributed by atoms with E-state index in [1.807, 2.05) is 42.5 Å². The van der Waals surface area contributed by atoms with Crippen LogP contribution in [0.15, 0.2) is 36.4 Å². The van der Waals surface area contributed by atoms with Crippen molar-refractivity contribution in [1.29, 1.82) is 0 Å². The molecule has 0 aliphatic heterocycles. The Balaban J connectivity index is 2.62. The summed E-state index contributed by atoms with van der Waals surface area (Å²) in [5.41, 5.74) is -1.12. The first-order valence-corrected chi connectivity index (χ1v) is 5.49. The summed E-state index contributed by atoms with van der Waals surface area (Å²) in [4.78, 5) is 0. The van der Waals surface area contributed by atoms with Crippen LogP contribution in [0.25, 0.3) is 6.08 Å². The Labute approximate surface area is 97.2 Å². The highest BCUT2D eigenvalue weighted by Gasteiger charge is 2.36. The molecule has 2 heteroatoms. The Hall–Kier alpha value is -1.12. The molecule has 0 fully saturated rings. The summed E-state index contributed by atoms with van der Waals surface area (Å²) in [5.74, 6) is 0. The maximum atomic E-state index is 10.0. The molecule has 1 aromatic rings. The van der Waals surface area contributed by atoms with E-state index >= 15 is 0 Å². The van der Waals surface area contributed by atoms with Crippen molar-refractivity contribution in [2.45, 2.75) is 38.4 Å². The Bertz CT molecular complexity index is 345. The SMILES string of the molecule is CC(C)(O)C(C)(O)C/C=C/c1ccccc1. The van der Waals surface area contributed by atoms with Gasteiger partial charge in [0.15, 0.2) is 0 Å². The molecular formula is C14H20O2. The van der Waals surface area contributed by atoms with Gasteiger partial charge in [-0.3, -0.25) is 0 Å². The first-order chi connectivity index (χ1) is 7.33. The van der Waals surface area contributed by atoms with Crippen LogP contribution in [-0.4, -0.2) is 21.4 Å². The zero-order valence-electron chi connectivity index (χ0n) is 10.1. The number of hydrogen-bond acceptors (Lipinski definition) is 2. The highest BCUT2D eigenvalue weighted by molar-refractivity contribution is 5.48. The molecule has 88 valence electrons. The first-order valence-electron chi connectivity index (χ1n) is 5.49. The molecule has 2 N–H and O–H groups in total. The monoisotopic (exact) mass is 220 g/mol. The van der Waals surface area contributed by atoms with Gasteiger partial charge >= 0.3 is 0 Å². The molecule has 1 rings (SSSR count). The van der Waals surface area contributed by atoms with Crippen LogP contribution in [-0.2, 0) is 0 Å². The van der Waals surface area contributed by atoms with E-state index in [9.17, 15) is 10.2 Å². The summed E-state index contributed by atoms with van der Waals surface area (Å²) in [7, 11) is 0. The highest BCUT2D eigenvalue weighted by Crippen LogP contribution is 2.25. The largest absolute Gasteiger partial charge is 0.387 e. The second kappa shape index (κ2) is 4.81. The number of rotatable bonds is 4. The summed E-state index contributed by atoms with van der Waals surface area (Å²) < 4.78 is 0. The molecule has 16 heavy (non-hydrogen) atoms. The minimum atomic E-state index is -1.11. The first kappa shape index (κ1) is 12.9. The summed E-state index contributed by atoms with van der Waals surface area (Å²) in [6.45, 7) is 4.87. The molecule has 1 aromatic carbocycles. The molecule has 0 amide bonds. The van der Waals surface area contributed by atoms with Crippen LogP contribution in [0.5, 0.6) is 0 Å². The number of hydrogen-bond donors (Lipinski definition) is 2. The minimum absolute atomic E-state index is 0.422. The normalized spacial score (nSPS) is 16.3. The van der Waals surface area contributed by atoms with Crippen molar-refractivity contribution in [3.8, 4) is 0 Å². The van der Waals surface area contributed by atoms with Gasteiger partial charge in [0.05, 0.1) is 11.2 Å². The van der Waals surface area contributed by atoms with Gasteiger partial charge in [-0.05, 0) is 32.8 Å². The second-order valence-corrected chi connectivity index (χ2v) is 4.85. The molecule has 0 saturated carbocycles. The molecule has 2 nitrogen and oxygen atoms in total. The predicted molar refractivity (Wildman–Crippen MR) is 67.0 cm³/mol. The third-order valence-electron chi connectivity index (χ3n) is 2.94. The van der Waals surface area contributed by atoms with E-state index in [-0.39, 0.29) is 0 Å². The van der Waals surface area contributed by atoms with Crippen molar-refractivity contribution in [1.82, 2.24) is 0 Å². The third kappa shape index (κ3) is 3.47. The van der Waals surface area contributed by atoms with Gasteiger partial charge in [-0.1, -0.05) is 42.5 Å². The van der Waals surface area contributed by atoms with E-state index in [2.05, 4.69) is 0 Å². The van der Waals surface area contributed by atoms with Crippen LogP contribution in [0.1, 0.15) is 32.8 Å². The molecule has 0 saturated heterocycles. The fourth-order valence-electron chi connectivity index (χ4n) is 1.24. The van der Waals surface area contributed by atoms with Gasteiger partial charge < -0.3 is 10.2 Å². The standard InChI is InChI=1S/C14H20O2/c1-13(2,15)14(3,16)11-7-10-12-8-5-4-6-9-12/h4-10,15-16H,11H2,1-3H3/b10-7+. The van der Waals surface area contributed by atoms with Crippen molar-refractivity contribution in [2.75, 3.05) is 0 Å². The van der Waals surface area contributed by atoms with Gasteiger partial charge in [-0.15, -0.1) is 0 Å². The topological polar surface area (TPSA) is 40.5 Å². The Morgan fingerprint density at radius 1 is 1.06 bits per heavy atom. The second-order valence-electron chi connectivity index (χ2n) is 4.85. The summed E-state index contributed by atoms with van der Waals surface area (Å²) >= 11 is 0. The fraction of sp³-hybridized carbons (Fsp3) is 0.429. The molecule has 0 spiro atoms. The van der Waals surface area contributed by atoms with Gasteiger partial charge in [-0.25, -0.2) is 0 Å². The zero-order valence-corrected chi connectivity index (χ0v) is 10.1. The molecule has 0 aliphatic carbocycles. The average molecular weight is 220 g/mol. The molecule has 0 bridgehead atoms. The molecule has 0 radical (unpaired) electrons. The van der Waals surface area contributed by atoms with Crippen molar-refractivity contribution in [2.24, 2.45) is 0 Å². The maximum Gasteiger partial charge on any atom is 0.0934 e. The quantitative estimate of drug-likeness (QED) is 0.819. The van der Waals surface area contributed by atoms with Gasteiger partial charge in [0, 0.05) is 0 Å². The van der Waals surface area contributed by atoms with Crippen LogP contribution in [0.4, 0.5) is 0 Å². The van der Waals surface area contributed by atoms with Crippen LogP contribution < -0.4 is 0 Å². The summed E-state index contributed by atoms with van der Waals surface area (Å²) in [5, 5.41) is 19.8. The van der Waals surface area contributed by atoms with E-state index in [1.165, 1.54) is 0 Å². The van der Waals surface area contributed by atoms with Crippen molar-refractivity contribution >= 4 is 6.08 Å². The lowest BCUT2D eigenvalue weighted by atomic mass is 9.85. The smallest absolute Gasteiger partial charge is 0.0934 e. The molecule has 0 heterocycles. The van der Waals surface area contributed by atoms with Gasteiger partial charge in [0.2, 0.25) is 0 Å². The van der Waals surface area contributed by atoms with E-state index in [1.54, 1.807) is 20.8 Å². The minimum Gasteiger partial charge on any atom is -0.387 e. The Morgan fingerprint density at radius 3 is 2.12 bits per heavy atom. The molecular weight excluding hydrogens is 200 g/mol. The average Bonchev–Trinajstić information content (AvgIpc) is 2.17. The zero-order chi connectivity index (χ0) is 12.2. The van der Waals surface area contributed by atoms with E-state index in [0.29, 0.717) is 6.42 Å². The lowest BCUT2D eigenvalue weighted by Gasteiger charge is -2.34. The van der Waals surface area contributed by atoms with E-state index < -0.39 is 11.2 Å². The third-order valence-corrected chi connectivity index (χ3v) is 2.94. The lowest BCUT2D eigenvalue weighted by Crippen LogP contribution is -2.47. The van der Waals surface area contributed by atoms with Gasteiger partial charge in [0.25, 0.3) is 0 Å². The molecule has 1 atom stereocenters. The maximum absolute atomic E-state index is 10.0. The molecule has 0 aromatic heterocycles. The van der Waals surface area contributed by atoms with Crippen LogP contribution in [0.2, 0.25) is 0 Å². The highest BCUT2D eigenvalue weighted by atomic mass is 16.3. The number of aliphatic hydroxyl groups is 2. The predicted octanol–water partition coefficient (Wildman–Crippen LogP) is 2.61.